The van der Waals surface area contributed by atoms with E-state index < -0.39 is 0 Å². The molecule has 1 aliphatic rings. The molecule has 0 radical (unpaired) electrons. The summed E-state index contributed by atoms with van der Waals surface area (Å²) >= 11 is 3.52. The van der Waals surface area contributed by atoms with Gasteiger partial charge in [-0.15, -0.1) is 0 Å². The van der Waals surface area contributed by atoms with Crippen LogP contribution in [0.1, 0.15) is 22.3 Å². The van der Waals surface area contributed by atoms with Gasteiger partial charge in [0, 0.05) is 5.33 Å². The molecular formula is C17H13Br. The fraction of sp³-hybridized carbons (Fsp3) is 0.0588. The van der Waals surface area contributed by atoms with E-state index in [1.165, 1.54) is 27.8 Å². The molecule has 2 aromatic carbocycles. The maximum atomic E-state index is 3.52. The number of hydrogen-bond donors (Lipinski definition) is 0. The molecule has 1 heteroatoms. The SMILES string of the molecule is BrCC=C1c2ccccc2C=Cc2ccccc21. The second-order valence-electron chi connectivity index (χ2n) is 4.28. The number of rotatable bonds is 1. The lowest BCUT2D eigenvalue weighted by Gasteiger charge is -2.11. The van der Waals surface area contributed by atoms with Gasteiger partial charge in [-0.2, -0.15) is 0 Å². The van der Waals surface area contributed by atoms with E-state index in [4.69, 9.17) is 0 Å². The molecule has 0 N–H and O–H groups in total. The van der Waals surface area contributed by atoms with Crippen LogP contribution in [0.4, 0.5) is 0 Å². The molecular weight excluding hydrogens is 284 g/mol. The van der Waals surface area contributed by atoms with Crippen molar-refractivity contribution in [1.82, 2.24) is 0 Å². The molecule has 18 heavy (non-hydrogen) atoms. The zero-order chi connectivity index (χ0) is 12.4. The number of alkyl halides is 1. The molecule has 0 fully saturated rings. The van der Waals surface area contributed by atoms with Crippen molar-refractivity contribution in [3.63, 3.8) is 0 Å². The number of halogens is 1. The van der Waals surface area contributed by atoms with Gasteiger partial charge < -0.3 is 0 Å². The summed E-state index contributed by atoms with van der Waals surface area (Å²) in [5, 5.41) is 0.866. The van der Waals surface area contributed by atoms with Gasteiger partial charge in [-0.05, 0) is 27.8 Å². The average molecular weight is 297 g/mol. The van der Waals surface area contributed by atoms with Crippen LogP contribution < -0.4 is 0 Å². The zero-order valence-electron chi connectivity index (χ0n) is 9.94. The lowest BCUT2D eigenvalue weighted by Crippen LogP contribution is -1.92. The number of fused-ring (bicyclic) bond motifs is 2. The van der Waals surface area contributed by atoms with Crippen LogP contribution in [0.3, 0.4) is 0 Å². The minimum atomic E-state index is 0.866. The van der Waals surface area contributed by atoms with Gasteiger partial charge in [0.05, 0.1) is 0 Å². The zero-order valence-corrected chi connectivity index (χ0v) is 11.5. The van der Waals surface area contributed by atoms with Crippen LogP contribution in [-0.4, -0.2) is 5.33 Å². The lowest BCUT2D eigenvalue weighted by molar-refractivity contribution is 1.51. The summed E-state index contributed by atoms with van der Waals surface area (Å²) in [6.45, 7) is 0. The number of benzene rings is 2. The molecule has 0 aliphatic heterocycles. The van der Waals surface area contributed by atoms with Gasteiger partial charge in [-0.25, -0.2) is 0 Å². The predicted molar refractivity (Wildman–Crippen MR) is 82.7 cm³/mol. The first-order valence-electron chi connectivity index (χ1n) is 6.03. The van der Waals surface area contributed by atoms with E-state index in [1.54, 1.807) is 0 Å². The second kappa shape index (κ2) is 4.95. The molecule has 0 atom stereocenters. The Balaban J connectivity index is 2.31. The van der Waals surface area contributed by atoms with Crippen molar-refractivity contribution < 1.29 is 0 Å². The van der Waals surface area contributed by atoms with Gasteiger partial charge in [0.1, 0.15) is 0 Å². The Morgan fingerprint density at radius 3 is 1.78 bits per heavy atom. The Morgan fingerprint density at radius 2 is 1.28 bits per heavy atom. The minimum absolute atomic E-state index is 0.866. The topological polar surface area (TPSA) is 0 Å². The minimum Gasteiger partial charge on any atom is -0.0883 e. The summed E-state index contributed by atoms with van der Waals surface area (Å²) in [4.78, 5) is 0. The van der Waals surface area contributed by atoms with Crippen molar-refractivity contribution in [2.24, 2.45) is 0 Å². The summed E-state index contributed by atoms with van der Waals surface area (Å²) in [6, 6.07) is 17.1. The third-order valence-electron chi connectivity index (χ3n) is 3.23. The van der Waals surface area contributed by atoms with E-state index in [-0.39, 0.29) is 0 Å². The van der Waals surface area contributed by atoms with Crippen molar-refractivity contribution >= 4 is 33.7 Å². The van der Waals surface area contributed by atoms with Crippen LogP contribution in [-0.2, 0) is 0 Å². The third kappa shape index (κ3) is 1.95. The predicted octanol–water partition coefficient (Wildman–Crippen LogP) is 5.00. The molecule has 0 saturated carbocycles. The van der Waals surface area contributed by atoms with Crippen LogP contribution in [0.25, 0.3) is 17.7 Å². The molecule has 2 aromatic rings. The van der Waals surface area contributed by atoms with Gasteiger partial charge in [0.2, 0.25) is 0 Å². The Morgan fingerprint density at radius 1 is 0.778 bits per heavy atom. The van der Waals surface area contributed by atoms with E-state index in [0.29, 0.717) is 0 Å². The molecule has 0 unspecified atom stereocenters. The molecule has 1 aliphatic carbocycles. The summed E-state index contributed by atoms with van der Waals surface area (Å²) < 4.78 is 0. The Kier molecular flexibility index (Phi) is 3.16. The second-order valence-corrected chi connectivity index (χ2v) is 4.93. The van der Waals surface area contributed by atoms with Crippen LogP contribution in [0.15, 0.2) is 54.6 Å². The van der Waals surface area contributed by atoms with Crippen LogP contribution in [0, 0.1) is 0 Å². The third-order valence-corrected chi connectivity index (χ3v) is 3.55. The van der Waals surface area contributed by atoms with Gasteiger partial charge in [0.25, 0.3) is 0 Å². The monoisotopic (exact) mass is 296 g/mol. The Labute approximate surface area is 116 Å². The van der Waals surface area contributed by atoms with Crippen molar-refractivity contribution in [2.75, 3.05) is 5.33 Å². The van der Waals surface area contributed by atoms with Crippen LogP contribution in [0.2, 0.25) is 0 Å². The largest absolute Gasteiger partial charge is 0.0883 e. The molecule has 0 saturated heterocycles. The molecule has 0 bridgehead atoms. The highest BCUT2D eigenvalue weighted by Gasteiger charge is 2.13. The van der Waals surface area contributed by atoms with Crippen molar-refractivity contribution in [3.05, 3.63) is 76.9 Å². The lowest BCUT2D eigenvalue weighted by atomic mass is 9.93. The summed E-state index contributed by atoms with van der Waals surface area (Å²) in [5.74, 6) is 0. The van der Waals surface area contributed by atoms with Crippen LogP contribution >= 0.6 is 15.9 Å². The molecule has 88 valence electrons. The van der Waals surface area contributed by atoms with E-state index in [2.05, 4.69) is 82.7 Å². The highest BCUT2D eigenvalue weighted by Crippen LogP contribution is 2.33. The van der Waals surface area contributed by atoms with E-state index in [0.717, 1.165) is 5.33 Å². The van der Waals surface area contributed by atoms with Gasteiger partial charge >= 0.3 is 0 Å². The highest BCUT2D eigenvalue weighted by atomic mass is 79.9. The first-order chi connectivity index (χ1) is 8.90. The van der Waals surface area contributed by atoms with Crippen molar-refractivity contribution in [1.29, 1.82) is 0 Å². The summed E-state index contributed by atoms with van der Waals surface area (Å²) in [7, 11) is 0. The fourth-order valence-corrected chi connectivity index (χ4v) is 2.72. The maximum absolute atomic E-state index is 3.52. The van der Waals surface area contributed by atoms with Gasteiger partial charge in [-0.1, -0.05) is 82.7 Å². The maximum Gasteiger partial charge on any atom is 0.0221 e. The first kappa shape index (κ1) is 11.5. The Hall–Kier alpha value is -1.60. The van der Waals surface area contributed by atoms with Gasteiger partial charge in [-0.3, -0.25) is 0 Å². The average Bonchev–Trinajstić information content (AvgIpc) is 2.58. The highest BCUT2D eigenvalue weighted by molar-refractivity contribution is 9.09. The molecule has 3 rings (SSSR count). The normalized spacial score (nSPS) is 12.6. The molecule has 0 nitrogen and oxygen atoms in total. The molecule has 0 spiro atoms. The molecule has 0 aromatic heterocycles. The van der Waals surface area contributed by atoms with E-state index in [1.807, 2.05) is 0 Å². The van der Waals surface area contributed by atoms with Gasteiger partial charge in [0.15, 0.2) is 0 Å². The standard InChI is InChI=1S/C17H13Br/c18-12-11-17-15-7-3-1-5-13(15)9-10-14-6-2-4-8-16(14)17/h1-11H,12H2. The quantitative estimate of drug-likeness (QED) is 0.555. The summed E-state index contributed by atoms with van der Waals surface area (Å²) in [5.41, 5.74) is 6.47. The number of allylic oxidation sites excluding steroid dienone is 1. The van der Waals surface area contributed by atoms with Crippen LogP contribution in [0.5, 0.6) is 0 Å². The molecule has 0 heterocycles. The van der Waals surface area contributed by atoms with E-state index in [9.17, 15) is 0 Å². The van der Waals surface area contributed by atoms with Crippen molar-refractivity contribution in [3.8, 4) is 0 Å². The van der Waals surface area contributed by atoms with E-state index >= 15 is 0 Å². The number of hydrogen-bond acceptors (Lipinski definition) is 0. The first-order valence-corrected chi connectivity index (χ1v) is 7.15. The summed E-state index contributed by atoms with van der Waals surface area (Å²) in [6.07, 6.45) is 6.64. The smallest absolute Gasteiger partial charge is 0.0221 e. The van der Waals surface area contributed by atoms with Crippen molar-refractivity contribution in [2.45, 2.75) is 0 Å². The molecule has 0 amide bonds. The fourth-order valence-electron chi connectivity index (χ4n) is 2.40. The Bertz CT molecular complexity index is 584.